The van der Waals surface area contributed by atoms with Gasteiger partial charge in [-0.2, -0.15) is 0 Å². The third-order valence-corrected chi connectivity index (χ3v) is 2.86. The maximum atomic E-state index is 10.1. The number of rotatable bonds is 14. The van der Waals surface area contributed by atoms with Gasteiger partial charge in [-0.1, -0.05) is 48.6 Å². The van der Waals surface area contributed by atoms with Crippen LogP contribution in [0.4, 0.5) is 0 Å². The van der Waals surface area contributed by atoms with E-state index < -0.39 is 0 Å². The predicted octanol–water partition coefficient (Wildman–Crippen LogP) is 4.72. The average Bonchev–Trinajstić information content (AvgIpc) is 2.50. The van der Waals surface area contributed by atoms with E-state index in [-0.39, 0.29) is 11.5 Å². The lowest BCUT2D eigenvalue weighted by atomic mass is 10.2. The first kappa shape index (κ1) is 20.0. The Balaban J connectivity index is 3.42. The van der Waals surface area contributed by atoms with Crippen molar-refractivity contribution in [2.75, 3.05) is 6.54 Å². The van der Waals surface area contributed by atoms with Crippen LogP contribution in [0.25, 0.3) is 0 Å². The summed E-state index contributed by atoms with van der Waals surface area (Å²) < 4.78 is 0. The van der Waals surface area contributed by atoms with E-state index in [2.05, 4.69) is 36.5 Å². The number of hydrogen-bond donors (Lipinski definition) is 0. The van der Waals surface area contributed by atoms with Crippen LogP contribution in [-0.4, -0.2) is 17.8 Å². The number of carbonyl (C=O) groups excluding carboxylic acids is 1. The zero-order chi connectivity index (χ0) is 16.3. The molecule has 0 aliphatic carbocycles. The Hall–Kier alpha value is -1.97. The molecule has 0 amide bonds. The summed E-state index contributed by atoms with van der Waals surface area (Å²) in [6, 6.07) is 0. The molecule has 0 aromatic carbocycles. The van der Waals surface area contributed by atoms with Crippen molar-refractivity contribution in [3.8, 4) is 0 Å². The summed E-state index contributed by atoms with van der Waals surface area (Å²) in [6.07, 6.45) is 25.1. The smallest absolute Gasteiger partial charge is 0.207 e. The minimum absolute atomic E-state index is 0.00595. The second-order valence-electron chi connectivity index (χ2n) is 4.83. The fraction of sp³-hybridized carbons (Fsp3) is 0.500. The van der Waals surface area contributed by atoms with Crippen molar-refractivity contribution in [3.63, 3.8) is 0 Å². The molecule has 0 N–H and O–H groups in total. The van der Waals surface area contributed by atoms with E-state index in [1.807, 2.05) is 18.4 Å². The summed E-state index contributed by atoms with van der Waals surface area (Å²) in [5, 5.41) is 10.1. The van der Waals surface area contributed by atoms with Gasteiger partial charge < -0.3 is 0 Å². The molecule has 0 aliphatic heterocycles. The molecular formula is C18H26NO3. The molecule has 0 aromatic rings. The van der Waals surface area contributed by atoms with E-state index >= 15 is 0 Å². The molecule has 0 unspecified atom stereocenters. The lowest BCUT2D eigenvalue weighted by Crippen LogP contribution is -1.97. The number of nitro groups is 1. The minimum atomic E-state index is -0.302. The van der Waals surface area contributed by atoms with Crippen LogP contribution in [-0.2, 0) is 4.79 Å². The first-order valence-corrected chi connectivity index (χ1v) is 7.84. The number of nitrogens with zero attached hydrogens (tertiary/aromatic N) is 1. The molecule has 0 aliphatic rings. The molecule has 4 nitrogen and oxygen atoms in total. The standard InChI is InChI=1S/C18H26NO3/c20-18-16-14-12-10-8-6-4-2-1-3-5-7-9-11-13-15-17-19(21)22/h1-2,5-8,11,13H,3-4,9-10,12,14-17H2. The highest BCUT2D eigenvalue weighted by atomic mass is 16.6. The van der Waals surface area contributed by atoms with Crippen LogP contribution in [0.1, 0.15) is 51.4 Å². The fourth-order valence-corrected chi connectivity index (χ4v) is 1.69. The summed E-state index contributed by atoms with van der Waals surface area (Å²) in [5.41, 5.74) is 0. The Morgan fingerprint density at radius 3 is 1.77 bits per heavy atom. The van der Waals surface area contributed by atoms with Crippen LogP contribution in [0.15, 0.2) is 48.6 Å². The number of unbranched alkanes of at least 4 members (excludes halogenated alkanes) is 3. The zero-order valence-electron chi connectivity index (χ0n) is 13.2. The van der Waals surface area contributed by atoms with Crippen LogP contribution in [0.2, 0.25) is 0 Å². The van der Waals surface area contributed by atoms with Gasteiger partial charge in [-0.05, 0) is 38.5 Å². The molecule has 0 bridgehead atoms. The van der Waals surface area contributed by atoms with Crippen LogP contribution in [0.5, 0.6) is 0 Å². The molecule has 1 radical (unpaired) electrons. The van der Waals surface area contributed by atoms with E-state index in [1.54, 1.807) is 0 Å². The van der Waals surface area contributed by atoms with Gasteiger partial charge in [0.05, 0.1) is 0 Å². The Bertz CT molecular complexity index is 395. The van der Waals surface area contributed by atoms with Gasteiger partial charge in [-0.15, -0.1) is 0 Å². The summed E-state index contributed by atoms with van der Waals surface area (Å²) in [6.45, 7) is 0.00595. The quantitative estimate of drug-likeness (QED) is 0.202. The third-order valence-electron chi connectivity index (χ3n) is 2.86. The normalized spacial score (nSPS) is 12.2. The molecule has 0 saturated carbocycles. The molecule has 0 fully saturated rings. The molecule has 0 aromatic heterocycles. The fourth-order valence-electron chi connectivity index (χ4n) is 1.69. The van der Waals surface area contributed by atoms with E-state index in [0.29, 0.717) is 12.8 Å². The minimum Gasteiger partial charge on any atom is -0.291 e. The average molecular weight is 304 g/mol. The highest BCUT2D eigenvalue weighted by Crippen LogP contribution is 2.00. The third kappa shape index (κ3) is 18.0. The van der Waals surface area contributed by atoms with Gasteiger partial charge in [0, 0.05) is 17.8 Å². The largest absolute Gasteiger partial charge is 0.291 e. The van der Waals surface area contributed by atoms with Crippen molar-refractivity contribution in [2.45, 2.75) is 51.4 Å². The molecule has 0 atom stereocenters. The van der Waals surface area contributed by atoms with Crippen molar-refractivity contribution < 1.29 is 9.72 Å². The monoisotopic (exact) mass is 304 g/mol. The van der Waals surface area contributed by atoms with Gasteiger partial charge in [0.25, 0.3) is 0 Å². The molecule has 22 heavy (non-hydrogen) atoms. The van der Waals surface area contributed by atoms with Crippen molar-refractivity contribution in [3.05, 3.63) is 58.7 Å². The molecule has 4 heteroatoms. The second-order valence-corrected chi connectivity index (χ2v) is 4.83. The first-order chi connectivity index (χ1) is 10.8. The molecule has 121 valence electrons. The predicted molar refractivity (Wildman–Crippen MR) is 91.1 cm³/mol. The Morgan fingerprint density at radius 2 is 1.27 bits per heavy atom. The number of hydrogen-bond acceptors (Lipinski definition) is 3. The summed E-state index contributed by atoms with van der Waals surface area (Å²) >= 11 is 0. The van der Waals surface area contributed by atoms with Gasteiger partial charge in [-0.25, -0.2) is 0 Å². The molecule has 0 rings (SSSR count). The maximum absolute atomic E-state index is 10.1. The van der Waals surface area contributed by atoms with E-state index in [9.17, 15) is 14.9 Å². The van der Waals surface area contributed by atoms with Gasteiger partial charge in [0.1, 0.15) is 0 Å². The lowest BCUT2D eigenvalue weighted by Gasteiger charge is -1.90. The summed E-state index contributed by atoms with van der Waals surface area (Å²) in [5.74, 6) is 0. The van der Waals surface area contributed by atoms with Crippen molar-refractivity contribution in [1.82, 2.24) is 0 Å². The molecular weight excluding hydrogens is 278 g/mol. The van der Waals surface area contributed by atoms with Gasteiger partial charge >= 0.3 is 0 Å². The van der Waals surface area contributed by atoms with Crippen molar-refractivity contribution >= 4 is 6.29 Å². The summed E-state index contributed by atoms with van der Waals surface area (Å²) in [4.78, 5) is 19.8. The maximum Gasteiger partial charge on any atom is 0.207 e. The van der Waals surface area contributed by atoms with Crippen LogP contribution in [0, 0.1) is 10.1 Å². The topological polar surface area (TPSA) is 60.2 Å². The van der Waals surface area contributed by atoms with Crippen LogP contribution in [0.3, 0.4) is 0 Å². The lowest BCUT2D eigenvalue weighted by molar-refractivity contribution is -0.478. The van der Waals surface area contributed by atoms with Crippen molar-refractivity contribution in [2.24, 2.45) is 0 Å². The van der Waals surface area contributed by atoms with Crippen LogP contribution >= 0.6 is 0 Å². The van der Waals surface area contributed by atoms with Gasteiger partial charge in [-0.3, -0.25) is 14.9 Å². The highest BCUT2D eigenvalue weighted by molar-refractivity contribution is 5.50. The molecule has 0 heterocycles. The molecule has 0 spiro atoms. The van der Waals surface area contributed by atoms with E-state index in [1.165, 1.54) is 0 Å². The SMILES string of the molecule is O=[C]CCCCC=CCC=CCC=CCC=CCC[N+](=O)[O-]. The summed E-state index contributed by atoms with van der Waals surface area (Å²) in [7, 11) is 0. The van der Waals surface area contributed by atoms with E-state index in [0.717, 1.165) is 38.5 Å². The Labute approximate surface area is 133 Å². The Morgan fingerprint density at radius 1 is 0.773 bits per heavy atom. The zero-order valence-corrected chi connectivity index (χ0v) is 13.2. The number of allylic oxidation sites excluding steroid dienone is 7. The first-order valence-electron chi connectivity index (χ1n) is 7.84. The second kappa shape index (κ2) is 17.1. The Kier molecular flexibility index (Phi) is 15.6. The molecule has 0 saturated heterocycles. The van der Waals surface area contributed by atoms with Crippen LogP contribution < -0.4 is 0 Å². The van der Waals surface area contributed by atoms with Crippen molar-refractivity contribution in [1.29, 1.82) is 0 Å². The van der Waals surface area contributed by atoms with E-state index in [4.69, 9.17) is 0 Å². The highest BCUT2D eigenvalue weighted by Gasteiger charge is 1.89. The van der Waals surface area contributed by atoms with Gasteiger partial charge in [0.15, 0.2) is 6.29 Å². The van der Waals surface area contributed by atoms with Gasteiger partial charge in [0.2, 0.25) is 6.54 Å².